The molecule has 2 amide bonds. The first-order valence-electron chi connectivity index (χ1n) is 20.3. The number of imide groups is 1. The van der Waals surface area contributed by atoms with Crippen LogP contribution < -0.4 is 20.7 Å². The number of ether oxygens (including phenoxy) is 1. The molecule has 3 N–H and O–H groups in total. The van der Waals surface area contributed by atoms with Crippen molar-refractivity contribution in [2.45, 2.75) is 75.8 Å². The molecular formula is C43H47FN10O3. The summed E-state index contributed by atoms with van der Waals surface area (Å²) in [7, 11) is 0. The predicted molar refractivity (Wildman–Crippen MR) is 214 cm³/mol. The first-order chi connectivity index (χ1) is 27.8. The Morgan fingerprint density at radius 1 is 0.754 bits per heavy atom. The Morgan fingerprint density at radius 3 is 2.14 bits per heavy atom. The number of para-hydroxylation sites is 1. The van der Waals surface area contributed by atoms with E-state index in [1.807, 2.05) is 60.7 Å². The molecule has 2 aromatic heterocycles. The average molecular weight is 771 g/mol. The number of anilines is 2. The minimum Gasteiger partial charge on any atom is -0.457 e. The Bertz CT molecular complexity index is 2300. The van der Waals surface area contributed by atoms with Crippen molar-refractivity contribution in [2.24, 2.45) is 0 Å². The lowest BCUT2D eigenvalue weighted by Gasteiger charge is -2.50. The summed E-state index contributed by atoms with van der Waals surface area (Å²) in [5, 5.41) is 8.38. The Hall–Kier alpha value is -5.44. The number of piperazine rings is 1. The summed E-state index contributed by atoms with van der Waals surface area (Å²) >= 11 is 0. The molecule has 294 valence electrons. The van der Waals surface area contributed by atoms with E-state index in [1.54, 1.807) is 6.07 Å². The highest BCUT2D eigenvalue weighted by Crippen LogP contribution is 2.39. The molecule has 0 spiro atoms. The molecule has 5 aliphatic rings. The van der Waals surface area contributed by atoms with Crippen LogP contribution in [0, 0.1) is 5.82 Å². The highest BCUT2D eigenvalue weighted by Gasteiger charge is 2.39. The number of halogens is 1. The summed E-state index contributed by atoms with van der Waals surface area (Å²) in [6, 6.07) is 22.1. The molecule has 3 saturated heterocycles. The van der Waals surface area contributed by atoms with E-state index in [9.17, 15) is 9.59 Å². The van der Waals surface area contributed by atoms with E-state index in [0.29, 0.717) is 49.5 Å². The average Bonchev–Trinajstić information content (AvgIpc) is 3.81. The molecule has 0 bridgehead atoms. The SMILES string of the molecule is Nc1ncnc2c1c(-c1ccc(Oc3ccccc3)cc1)nn2C1CCC(N2CCN(C3CN(c4cc5c(cc4F)CN(C4CCC(=O)NC4=O)C5)C3)CC2)CC1. The number of hydrogen-bond acceptors (Lipinski definition) is 11. The van der Waals surface area contributed by atoms with E-state index < -0.39 is 0 Å². The zero-order valence-corrected chi connectivity index (χ0v) is 31.9. The van der Waals surface area contributed by atoms with Gasteiger partial charge in [0.2, 0.25) is 11.8 Å². The Balaban J connectivity index is 0.728. The maximum atomic E-state index is 15.4. The van der Waals surface area contributed by atoms with E-state index >= 15 is 4.39 Å². The molecule has 13 nitrogen and oxygen atoms in total. The van der Waals surface area contributed by atoms with Crippen LogP contribution in [-0.2, 0) is 22.7 Å². The molecule has 57 heavy (non-hydrogen) atoms. The maximum absolute atomic E-state index is 15.4. The molecule has 1 aliphatic carbocycles. The van der Waals surface area contributed by atoms with Gasteiger partial charge in [-0.2, -0.15) is 5.10 Å². The summed E-state index contributed by atoms with van der Waals surface area (Å²) < 4.78 is 23.5. The number of nitrogens with zero attached hydrogens (tertiary/aromatic N) is 8. The zero-order valence-electron chi connectivity index (χ0n) is 31.9. The number of hydrogen-bond donors (Lipinski definition) is 2. The van der Waals surface area contributed by atoms with Crippen molar-refractivity contribution in [2.75, 3.05) is 49.9 Å². The van der Waals surface area contributed by atoms with Crippen LogP contribution in [0.4, 0.5) is 15.9 Å². The third-order valence-electron chi connectivity index (χ3n) is 12.9. The lowest BCUT2D eigenvalue weighted by atomic mass is 9.89. The summed E-state index contributed by atoms with van der Waals surface area (Å²) in [5.41, 5.74) is 11.6. The summed E-state index contributed by atoms with van der Waals surface area (Å²) in [5.74, 6) is 1.31. The lowest BCUT2D eigenvalue weighted by molar-refractivity contribution is -0.137. The lowest BCUT2D eigenvalue weighted by Crippen LogP contribution is -2.64. The molecule has 6 heterocycles. The largest absolute Gasteiger partial charge is 0.457 e. The van der Waals surface area contributed by atoms with Crippen LogP contribution in [0.25, 0.3) is 22.3 Å². The fourth-order valence-electron chi connectivity index (χ4n) is 9.70. The molecule has 3 aromatic carbocycles. The molecule has 5 aromatic rings. The molecule has 1 atom stereocenters. The summed E-state index contributed by atoms with van der Waals surface area (Å²) in [4.78, 5) is 42.6. The Kier molecular flexibility index (Phi) is 9.34. The smallest absolute Gasteiger partial charge is 0.243 e. The van der Waals surface area contributed by atoms with E-state index in [-0.39, 0.29) is 29.7 Å². The van der Waals surface area contributed by atoms with Crippen LogP contribution in [0.3, 0.4) is 0 Å². The van der Waals surface area contributed by atoms with Gasteiger partial charge in [0, 0.05) is 76.4 Å². The zero-order chi connectivity index (χ0) is 38.6. The number of piperidine rings is 1. The quantitative estimate of drug-likeness (QED) is 0.204. The number of benzene rings is 3. The number of nitrogens with one attached hydrogen (secondary N) is 1. The predicted octanol–water partition coefficient (Wildman–Crippen LogP) is 5.12. The first-order valence-corrected chi connectivity index (χ1v) is 20.3. The maximum Gasteiger partial charge on any atom is 0.243 e. The number of carbonyl (C=O) groups excluding carboxylic acids is 2. The molecule has 4 fully saturated rings. The molecule has 0 radical (unpaired) electrons. The van der Waals surface area contributed by atoms with Gasteiger partial charge in [0.05, 0.1) is 23.2 Å². The van der Waals surface area contributed by atoms with Crippen molar-refractivity contribution in [3.63, 3.8) is 0 Å². The molecular weight excluding hydrogens is 724 g/mol. The van der Waals surface area contributed by atoms with Crippen molar-refractivity contribution in [3.8, 4) is 22.8 Å². The second-order valence-corrected chi connectivity index (χ2v) is 16.2. The minimum absolute atomic E-state index is 0.198. The van der Waals surface area contributed by atoms with Gasteiger partial charge < -0.3 is 15.4 Å². The normalized spacial score (nSPS) is 23.7. The third kappa shape index (κ3) is 6.89. The second-order valence-electron chi connectivity index (χ2n) is 16.2. The van der Waals surface area contributed by atoms with Gasteiger partial charge >= 0.3 is 0 Å². The minimum atomic E-state index is -0.347. The Labute approximate surface area is 330 Å². The van der Waals surface area contributed by atoms with Gasteiger partial charge in [-0.25, -0.2) is 19.0 Å². The molecule has 14 heteroatoms. The number of fused-ring (bicyclic) bond motifs is 2. The highest BCUT2D eigenvalue weighted by atomic mass is 19.1. The Morgan fingerprint density at radius 2 is 1.42 bits per heavy atom. The van der Waals surface area contributed by atoms with Gasteiger partial charge in [-0.3, -0.25) is 29.6 Å². The van der Waals surface area contributed by atoms with Gasteiger partial charge in [-0.05, 0) is 91.8 Å². The standard InChI is InChI=1S/C43H47FN10O3/c44-35-20-28-22-52(36-14-15-38(55)48-43(36)56)23-29(28)21-37(35)53-24-32(25-53)51-18-16-50(17-19-51)30-8-10-31(11-9-30)54-42-39(41(45)46-26-47-42)40(49-54)27-6-12-34(13-7-27)57-33-4-2-1-3-5-33/h1-7,12-13,20-21,26,30-32,36H,8-11,14-19,22-25H2,(H2,45,46,47)(H,48,55,56). The first kappa shape index (κ1) is 35.9. The van der Waals surface area contributed by atoms with Crippen LogP contribution in [0.1, 0.15) is 55.7 Å². The summed E-state index contributed by atoms with van der Waals surface area (Å²) in [6.45, 7) is 6.87. The number of aromatic nitrogens is 4. The van der Waals surface area contributed by atoms with Gasteiger partial charge in [0.15, 0.2) is 5.65 Å². The fraction of sp³-hybridized carbons (Fsp3) is 0.419. The van der Waals surface area contributed by atoms with Gasteiger partial charge in [-0.15, -0.1) is 0 Å². The van der Waals surface area contributed by atoms with E-state index in [0.717, 1.165) is 110 Å². The third-order valence-corrected chi connectivity index (χ3v) is 12.9. The number of nitrogen functional groups attached to an aromatic ring is 1. The fourth-order valence-corrected chi connectivity index (χ4v) is 9.70. The van der Waals surface area contributed by atoms with E-state index in [4.69, 9.17) is 15.6 Å². The molecule has 1 unspecified atom stereocenters. The van der Waals surface area contributed by atoms with Crippen molar-refractivity contribution < 1.29 is 18.7 Å². The van der Waals surface area contributed by atoms with Crippen LogP contribution in [0.15, 0.2) is 73.1 Å². The number of nitrogens with two attached hydrogens (primary N) is 1. The monoisotopic (exact) mass is 770 g/mol. The van der Waals surface area contributed by atoms with Crippen molar-refractivity contribution in [1.29, 1.82) is 0 Å². The van der Waals surface area contributed by atoms with E-state index in [1.165, 1.54) is 6.33 Å². The topological polar surface area (TPSA) is 138 Å². The highest BCUT2D eigenvalue weighted by molar-refractivity contribution is 6.00. The van der Waals surface area contributed by atoms with Crippen LogP contribution in [0.2, 0.25) is 0 Å². The van der Waals surface area contributed by atoms with Crippen molar-refractivity contribution >= 4 is 34.4 Å². The number of carbonyl (C=O) groups is 2. The van der Waals surface area contributed by atoms with E-state index in [2.05, 4.69) is 39.6 Å². The van der Waals surface area contributed by atoms with Gasteiger partial charge in [-0.1, -0.05) is 18.2 Å². The van der Waals surface area contributed by atoms with Crippen LogP contribution in [0.5, 0.6) is 11.5 Å². The van der Waals surface area contributed by atoms with Crippen LogP contribution in [-0.4, -0.2) is 104 Å². The van der Waals surface area contributed by atoms with Crippen molar-refractivity contribution in [1.82, 2.24) is 39.8 Å². The van der Waals surface area contributed by atoms with Gasteiger partial charge in [0.1, 0.15) is 35.2 Å². The number of amides is 2. The van der Waals surface area contributed by atoms with Crippen molar-refractivity contribution in [3.05, 3.63) is 90.0 Å². The molecule has 4 aliphatic heterocycles. The van der Waals surface area contributed by atoms with Gasteiger partial charge in [0.25, 0.3) is 0 Å². The summed E-state index contributed by atoms with van der Waals surface area (Å²) in [6.07, 6.45) is 6.62. The molecule has 1 saturated carbocycles. The number of rotatable bonds is 8. The second kappa shape index (κ2) is 14.8. The van der Waals surface area contributed by atoms with Crippen LogP contribution >= 0.6 is 0 Å². The molecule has 10 rings (SSSR count).